The van der Waals surface area contributed by atoms with Crippen LogP contribution in [0.2, 0.25) is 0 Å². The minimum atomic E-state index is 0.661. The van der Waals surface area contributed by atoms with Gasteiger partial charge in [-0.1, -0.05) is 19.1 Å². The van der Waals surface area contributed by atoms with E-state index in [1.807, 2.05) is 12.4 Å². The van der Waals surface area contributed by atoms with Gasteiger partial charge in [-0.3, -0.25) is 4.98 Å². The number of benzene rings is 1. The molecule has 1 aliphatic carbocycles. The van der Waals surface area contributed by atoms with E-state index in [0.717, 1.165) is 5.92 Å². The Morgan fingerprint density at radius 2 is 2.12 bits per heavy atom. The molecule has 0 unspecified atom stereocenters. The molecule has 2 aromatic rings. The van der Waals surface area contributed by atoms with E-state index in [9.17, 15) is 0 Å². The molecule has 1 heterocycles. The second-order valence-corrected chi connectivity index (χ2v) is 4.82. The Morgan fingerprint density at radius 3 is 2.94 bits per heavy atom. The Morgan fingerprint density at radius 1 is 1.25 bits per heavy atom. The van der Waals surface area contributed by atoms with Crippen molar-refractivity contribution in [2.24, 2.45) is 5.92 Å². The predicted molar refractivity (Wildman–Crippen MR) is 67.6 cm³/mol. The zero-order valence-corrected chi connectivity index (χ0v) is 9.48. The van der Waals surface area contributed by atoms with Crippen molar-refractivity contribution in [2.75, 3.05) is 5.32 Å². The maximum absolute atomic E-state index is 4.15. The van der Waals surface area contributed by atoms with Crippen LogP contribution in [0.25, 0.3) is 10.8 Å². The molecule has 1 aromatic heterocycles. The first-order chi connectivity index (χ1) is 7.83. The van der Waals surface area contributed by atoms with Gasteiger partial charge in [-0.25, -0.2) is 0 Å². The van der Waals surface area contributed by atoms with Gasteiger partial charge in [0.25, 0.3) is 0 Å². The molecule has 2 heteroatoms. The van der Waals surface area contributed by atoms with E-state index in [-0.39, 0.29) is 0 Å². The number of nitrogens with one attached hydrogen (secondary N) is 1. The fourth-order valence-corrected chi connectivity index (χ4v) is 2.49. The van der Waals surface area contributed by atoms with Crippen LogP contribution < -0.4 is 5.32 Å². The van der Waals surface area contributed by atoms with Gasteiger partial charge >= 0.3 is 0 Å². The highest BCUT2D eigenvalue weighted by Gasteiger charge is 2.25. The fraction of sp³-hybridized carbons (Fsp3) is 0.357. The van der Waals surface area contributed by atoms with Gasteiger partial charge in [-0.15, -0.1) is 0 Å². The van der Waals surface area contributed by atoms with Crippen LogP contribution in [-0.2, 0) is 0 Å². The average molecular weight is 212 g/mol. The summed E-state index contributed by atoms with van der Waals surface area (Å²) in [6.07, 6.45) is 6.36. The summed E-state index contributed by atoms with van der Waals surface area (Å²) < 4.78 is 0. The molecule has 1 saturated carbocycles. The minimum absolute atomic E-state index is 0.661. The molecule has 0 aliphatic heterocycles. The predicted octanol–water partition coefficient (Wildman–Crippen LogP) is 3.45. The zero-order chi connectivity index (χ0) is 11.0. The van der Waals surface area contributed by atoms with Gasteiger partial charge in [0, 0.05) is 34.9 Å². The average Bonchev–Trinajstić information content (AvgIpc) is 2.27. The maximum atomic E-state index is 4.15. The Bertz CT molecular complexity index is 496. The third-order valence-corrected chi connectivity index (χ3v) is 3.41. The maximum Gasteiger partial charge on any atom is 0.0423 e. The van der Waals surface area contributed by atoms with Crippen LogP contribution in [-0.4, -0.2) is 11.0 Å². The van der Waals surface area contributed by atoms with Gasteiger partial charge in [0.05, 0.1) is 0 Å². The molecule has 0 bridgehead atoms. The number of fused-ring (bicyclic) bond motifs is 1. The van der Waals surface area contributed by atoms with E-state index in [0.29, 0.717) is 6.04 Å². The summed E-state index contributed by atoms with van der Waals surface area (Å²) in [5.74, 6) is 0.883. The summed E-state index contributed by atoms with van der Waals surface area (Å²) in [4.78, 5) is 4.15. The molecule has 1 N–H and O–H groups in total. The second-order valence-electron chi connectivity index (χ2n) is 4.82. The summed E-state index contributed by atoms with van der Waals surface area (Å²) in [6, 6.07) is 9.10. The molecule has 1 aromatic carbocycles. The van der Waals surface area contributed by atoms with Crippen LogP contribution in [0.5, 0.6) is 0 Å². The largest absolute Gasteiger partial charge is 0.382 e. The van der Waals surface area contributed by atoms with Gasteiger partial charge in [-0.05, 0) is 30.9 Å². The normalized spacial score (nSPS) is 24.1. The summed E-state index contributed by atoms with van der Waals surface area (Å²) >= 11 is 0. The van der Waals surface area contributed by atoms with Crippen LogP contribution in [0.3, 0.4) is 0 Å². The van der Waals surface area contributed by atoms with Crippen LogP contribution in [0.4, 0.5) is 5.69 Å². The van der Waals surface area contributed by atoms with Crippen LogP contribution >= 0.6 is 0 Å². The number of aromatic nitrogens is 1. The number of anilines is 1. The lowest BCUT2D eigenvalue weighted by Gasteiger charge is -2.34. The van der Waals surface area contributed by atoms with Gasteiger partial charge in [0.2, 0.25) is 0 Å². The van der Waals surface area contributed by atoms with E-state index < -0.39 is 0 Å². The first-order valence-electron chi connectivity index (χ1n) is 5.92. The first kappa shape index (κ1) is 9.64. The van der Waals surface area contributed by atoms with Crippen molar-refractivity contribution in [3.63, 3.8) is 0 Å². The topological polar surface area (TPSA) is 24.9 Å². The molecule has 1 aliphatic rings. The summed E-state index contributed by atoms with van der Waals surface area (Å²) in [5.41, 5.74) is 1.25. The number of hydrogen-bond acceptors (Lipinski definition) is 2. The van der Waals surface area contributed by atoms with Gasteiger partial charge < -0.3 is 5.32 Å². The molecule has 82 valence electrons. The van der Waals surface area contributed by atoms with Gasteiger partial charge in [-0.2, -0.15) is 0 Å². The molecular formula is C14H16N2. The number of nitrogens with zero attached hydrogens (tertiary/aromatic N) is 1. The highest BCUT2D eigenvalue weighted by Crippen LogP contribution is 2.31. The van der Waals surface area contributed by atoms with Crippen LogP contribution in [0, 0.1) is 5.92 Å². The molecule has 3 rings (SSSR count). The van der Waals surface area contributed by atoms with Gasteiger partial charge in [0.1, 0.15) is 0 Å². The molecule has 16 heavy (non-hydrogen) atoms. The Labute approximate surface area is 95.7 Å². The fourth-order valence-electron chi connectivity index (χ4n) is 2.49. The van der Waals surface area contributed by atoms with Crippen molar-refractivity contribution in [1.29, 1.82) is 0 Å². The lowest BCUT2D eigenvalue weighted by molar-refractivity contribution is 0.309. The van der Waals surface area contributed by atoms with Crippen molar-refractivity contribution in [1.82, 2.24) is 4.98 Å². The highest BCUT2D eigenvalue weighted by atomic mass is 14.9. The lowest BCUT2D eigenvalue weighted by Crippen LogP contribution is -2.33. The van der Waals surface area contributed by atoms with E-state index in [4.69, 9.17) is 0 Å². The van der Waals surface area contributed by atoms with E-state index in [2.05, 4.69) is 41.5 Å². The molecular weight excluding hydrogens is 196 g/mol. The summed E-state index contributed by atoms with van der Waals surface area (Å²) in [6.45, 7) is 2.31. The third kappa shape index (κ3) is 1.64. The monoisotopic (exact) mass is 212 g/mol. The quantitative estimate of drug-likeness (QED) is 0.824. The Kier molecular flexibility index (Phi) is 2.28. The van der Waals surface area contributed by atoms with Gasteiger partial charge in [0.15, 0.2) is 0 Å². The van der Waals surface area contributed by atoms with E-state index in [1.54, 1.807) is 0 Å². The number of pyridine rings is 1. The standard InChI is InChI=1S/C14H16N2/c1-10-7-12(8-10)16-14-4-2-3-11-9-15-6-5-13(11)14/h2-6,9-10,12,16H,7-8H2,1H3. The molecule has 0 atom stereocenters. The zero-order valence-electron chi connectivity index (χ0n) is 9.48. The van der Waals surface area contributed by atoms with Crippen molar-refractivity contribution < 1.29 is 0 Å². The molecule has 0 spiro atoms. The lowest BCUT2D eigenvalue weighted by atomic mass is 9.81. The summed E-state index contributed by atoms with van der Waals surface area (Å²) in [7, 11) is 0. The first-order valence-corrected chi connectivity index (χ1v) is 5.92. The smallest absolute Gasteiger partial charge is 0.0423 e. The molecule has 2 nitrogen and oxygen atoms in total. The summed E-state index contributed by atoms with van der Waals surface area (Å²) in [5, 5.41) is 6.11. The number of hydrogen-bond donors (Lipinski definition) is 1. The van der Waals surface area contributed by atoms with Crippen molar-refractivity contribution in [3.8, 4) is 0 Å². The Balaban J connectivity index is 1.91. The van der Waals surface area contributed by atoms with E-state index >= 15 is 0 Å². The second kappa shape index (κ2) is 3.78. The van der Waals surface area contributed by atoms with Crippen LogP contribution in [0.1, 0.15) is 19.8 Å². The molecule has 1 fully saturated rings. The molecule has 0 radical (unpaired) electrons. The SMILES string of the molecule is CC1CC(Nc2cccc3cnccc23)C1. The third-order valence-electron chi connectivity index (χ3n) is 3.41. The molecule has 0 amide bonds. The minimum Gasteiger partial charge on any atom is -0.382 e. The van der Waals surface area contributed by atoms with E-state index in [1.165, 1.54) is 29.3 Å². The molecule has 0 saturated heterocycles. The van der Waals surface area contributed by atoms with Crippen molar-refractivity contribution in [2.45, 2.75) is 25.8 Å². The highest BCUT2D eigenvalue weighted by molar-refractivity contribution is 5.93. The van der Waals surface area contributed by atoms with Crippen LogP contribution in [0.15, 0.2) is 36.7 Å². The number of rotatable bonds is 2. The Hall–Kier alpha value is -1.57. The van der Waals surface area contributed by atoms with Crippen molar-refractivity contribution >= 4 is 16.5 Å². The van der Waals surface area contributed by atoms with Crippen molar-refractivity contribution in [3.05, 3.63) is 36.7 Å².